The van der Waals surface area contributed by atoms with Crippen molar-refractivity contribution in [2.75, 3.05) is 0 Å². The maximum absolute atomic E-state index is 10.5. The van der Waals surface area contributed by atoms with Crippen molar-refractivity contribution in [2.45, 2.75) is 0 Å². The Morgan fingerprint density at radius 3 is 3.09 bits per heavy atom. The predicted octanol–water partition coefficient (Wildman–Crippen LogP) is 1.41. The summed E-state index contributed by atoms with van der Waals surface area (Å²) in [6, 6.07) is 3.21. The highest BCUT2D eigenvalue weighted by molar-refractivity contribution is 5.95. The van der Waals surface area contributed by atoms with Crippen LogP contribution in [0.5, 0.6) is 0 Å². The molecule has 0 aromatic heterocycles. The van der Waals surface area contributed by atoms with E-state index in [9.17, 15) is 4.79 Å². The van der Waals surface area contributed by atoms with Crippen LogP contribution in [0.1, 0.15) is 10.4 Å². The summed E-state index contributed by atoms with van der Waals surface area (Å²) < 4.78 is 4.84. The lowest BCUT2D eigenvalue weighted by Crippen LogP contribution is -1.93. The Balaban J connectivity index is 2.64. The fourth-order valence-electron chi connectivity index (χ4n) is 1.03. The second-order valence-electron chi connectivity index (χ2n) is 2.20. The molecule has 0 unspecified atom stereocenters. The van der Waals surface area contributed by atoms with Gasteiger partial charge in [-0.05, 0) is 12.1 Å². The third-order valence-electron chi connectivity index (χ3n) is 1.54. The molecule has 4 heteroatoms. The topological polar surface area (TPSA) is 66.2 Å². The largest absolute Gasteiger partial charge is 0.478 e. The molecule has 0 atom stereocenters. The Labute approximate surface area is 61.7 Å². The third-order valence-corrected chi connectivity index (χ3v) is 1.54. The van der Waals surface area contributed by atoms with Gasteiger partial charge in [0.1, 0.15) is 5.56 Å². The molecule has 2 N–H and O–H groups in total. The molecule has 56 valence electrons. The number of aromatic nitrogens is 1. The van der Waals surface area contributed by atoms with Crippen molar-refractivity contribution < 1.29 is 14.4 Å². The Hall–Kier alpha value is -1.71. The van der Waals surface area contributed by atoms with E-state index < -0.39 is 5.97 Å². The number of aromatic amines is 1. The van der Waals surface area contributed by atoms with Gasteiger partial charge in [0.2, 0.25) is 0 Å². The summed E-state index contributed by atoms with van der Waals surface area (Å²) in [7, 11) is 0. The predicted molar refractivity (Wildman–Crippen MR) is 36.6 cm³/mol. The lowest BCUT2D eigenvalue weighted by atomic mass is 10.2. The third kappa shape index (κ3) is 0.724. The van der Waals surface area contributed by atoms with E-state index in [0.29, 0.717) is 5.76 Å². The van der Waals surface area contributed by atoms with Crippen molar-refractivity contribution in [1.82, 2.24) is 5.16 Å². The average Bonchev–Trinajstić information content (AvgIpc) is 2.41. The second kappa shape index (κ2) is 1.88. The van der Waals surface area contributed by atoms with E-state index in [1.165, 1.54) is 6.07 Å². The zero-order chi connectivity index (χ0) is 7.84. The summed E-state index contributed by atoms with van der Waals surface area (Å²) in [5.74, 6) is -0.569. The quantitative estimate of drug-likeness (QED) is 0.647. The number of carbonyl (C=O) groups is 1. The number of rotatable bonds is 1. The fraction of sp³-hybridized carbons (Fsp3) is 0. The number of carboxylic acid groups (broad SMARTS) is 1. The van der Waals surface area contributed by atoms with E-state index in [2.05, 4.69) is 5.16 Å². The minimum atomic E-state index is -0.969. The number of hydrogen-bond donors (Lipinski definition) is 2. The molecule has 4 nitrogen and oxygen atoms in total. The van der Waals surface area contributed by atoms with Gasteiger partial charge in [-0.25, -0.2) is 9.95 Å². The molecule has 1 heterocycles. The molecule has 2 rings (SSSR count). The van der Waals surface area contributed by atoms with E-state index in [4.69, 9.17) is 9.63 Å². The van der Waals surface area contributed by atoms with Crippen molar-refractivity contribution in [2.24, 2.45) is 0 Å². The monoisotopic (exact) mass is 151 g/mol. The Bertz CT molecular complexity index is 360. The summed E-state index contributed by atoms with van der Waals surface area (Å²) in [6.07, 6.45) is 1.61. The lowest BCUT2D eigenvalue weighted by Gasteiger charge is -1.87. The van der Waals surface area contributed by atoms with Gasteiger partial charge in [0.15, 0.2) is 5.76 Å². The van der Waals surface area contributed by atoms with Crippen LogP contribution in [0.15, 0.2) is 22.9 Å². The van der Waals surface area contributed by atoms with Crippen LogP contribution in [0, 0.1) is 0 Å². The molecule has 0 bridgehead atoms. The Morgan fingerprint density at radius 1 is 1.55 bits per heavy atom. The first kappa shape index (κ1) is 6.03. The first-order chi connectivity index (χ1) is 5.29. The van der Waals surface area contributed by atoms with Crippen molar-refractivity contribution >= 4 is 5.97 Å². The lowest BCUT2D eigenvalue weighted by molar-refractivity contribution is 0.0696. The number of hydrogen-bond acceptors (Lipinski definition) is 2. The molecular formula is C7H5NO3. The molecule has 0 aromatic carbocycles. The molecular weight excluding hydrogens is 146 g/mol. The van der Waals surface area contributed by atoms with Crippen LogP contribution in [-0.2, 0) is 0 Å². The van der Waals surface area contributed by atoms with Crippen molar-refractivity contribution in [1.29, 1.82) is 0 Å². The smallest absolute Gasteiger partial charge is 0.339 e. The fourth-order valence-corrected chi connectivity index (χ4v) is 1.03. The van der Waals surface area contributed by atoms with E-state index in [1.54, 1.807) is 12.3 Å². The maximum atomic E-state index is 10.5. The van der Waals surface area contributed by atoms with E-state index in [1.807, 2.05) is 0 Å². The van der Waals surface area contributed by atoms with Crippen LogP contribution < -0.4 is 0 Å². The van der Waals surface area contributed by atoms with Gasteiger partial charge in [-0.15, -0.1) is 0 Å². The van der Waals surface area contributed by atoms with E-state index in [0.717, 1.165) is 5.56 Å². The van der Waals surface area contributed by atoms with Gasteiger partial charge in [-0.3, -0.25) is 0 Å². The number of aromatic carboxylic acids is 1. The standard InChI is InChI=1S/C7H5NO3/c9-7(10)5-2-1-4-3-8-11-6(4)5/h1-3,8H,(H,9,10). The average molecular weight is 151 g/mol. The summed E-state index contributed by atoms with van der Waals surface area (Å²) in [6.45, 7) is 0. The summed E-state index contributed by atoms with van der Waals surface area (Å²) in [4.78, 5) is 10.5. The minimum Gasteiger partial charge on any atom is -0.478 e. The maximum Gasteiger partial charge on any atom is 0.339 e. The molecule has 0 aromatic rings. The molecule has 2 aliphatic rings. The van der Waals surface area contributed by atoms with Crippen molar-refractivity contribution in [3.05, 3.63) is 23.9 Å². The van der Waals surface area contributed by atoms with E-state index in [-0.39, 0.29) is 5.56 Å². The highest BCUT2D eigenvalue weighted by atomic mass is 16.5. The van der Waals surface area contributed by atoms with Gasteiger partial charge in [-0.1, -0.05) is 0 Å². The highest BCUT2D eigenvalue weighted by Crippen LogP contribution is 2.26. The summed E-state index contributed by atoms with van der Waals surface area (Å²) in [5, 5.41) is 11.1. The first-order valence-corrected chi connectivity index (χ1v) is 3.07. The molecule has 1 aliphatic carbocycles. The Morgan fingerprint density at radius 2 is 2.36 bits per heavy atom. The molecule has 1 aliphatic heterocycles. The minimum absolute atomic E-state index is 0.196. The number of carboxylic acids is 1. The Kier molecular flexibility index (Phi) is 1.03. The first-order valence-electron chi connectivity index (χ1n) is 3.07. The molecule has 0 spiro atoms. The van der Waals surface area contributed by atoms with Gasteiger partial charge in [0, 0.05) is 11.8 Å². The van der Waals surface area contributed by atoms with Crippen LogP contribution in [0.3, 0.4) is 0 Å². The summed E-state index contributed by atoms with van der Waals surface area (Å²) >= 11 is 0. The van der Waals surface area contributed by atoms with Crippen LogP contribution in [0.2, 0.25) is 0 Å². The van der Waals surface area contributed by atoms with Crippen LogP contribution >= 0.6 is 0 Å². The molecule has 0 fully saturated rings. The zero-order valence-electron chi connectivity index (χ0n) is 5.50. The van der Waals surface area contributed by atoms with Crippen molar-refractivity contribution in [3.8, 4) is 11.3 Å². The van der Waals surface area contributed by atoms with Crippen LogP contribution in [-0.4, -0.2) is 16.2 Å². The zero-order valence-corrected chi connectivity index (χ0v) is 5.50. The van der Waals surface area contributed by atoms with Crippen LogP contribution in [0.25, 0.3) is 11.3 Å². The van der Waals surface area contributed by atoms with Crippen LogP contribution in [0.4, 0.5) is 0 Å². The normalized spacial score (nSPS) is 10.5. The summed E-state index contributed by atoms with van der Waals surface area (Å²) in [5.41, 5.74) is 0.976. The van der Waals surface area contributed by atoms with E-state index >= 15 is 0 Å². The highest BCUT2D eigenvalue weighted by Gasteiger charge is 2.18. The SMILES string of the molecule is O=C(O)c1ccc2c[nH]oc1-2. The molecule has 11 heavy (non-hydrogen) atoms. The van der Waals surface area contributed by atoms with Crippen molar-refractivity contribution in [3.63, 3.8) is 0 Å². The van der Waals surface area contributed by atoms with Gasteiger partial charge in [0.25, 0.3) is 0 Å². The molecule has 0 amide bonds. The molecule has 0 saturated carbocycles. The van der Waals surface area contributed by atoms with Gasteiger partial charge >= 0.3 is 5.97 Å². The molecule has 0 saturated heterocycles. The number of H-pyrrole nitrogens is 1. The number of fused-ring (bicyclic) bond motifs is 1. The number of nitrogens with one attached hydrogen (secondary N) is 1. The second-order valence-corrected chi connectivity index (χ2v) is 2.20. The van der Waals surface area contributed by atoms with Gasteiger partial charge in [0.05, 0.1) is 0 Å². The van der Waals surface area contributed by atoms with Gasteiger partial charge < -0.3 is 9.63 Å². The molecule has 0 radical (unpaired) electrons. The van der Waals surface area contributed by atoms with Gasteiger partial charge in [-0.2, -0.15) is 0 Å².